The Morgan fingerprint density at radius 2 is 1.89 bits per heavy atom. The minimum absolute atomic E-state index is 0.0917. The Hall–Kier alpha value is -2.99. The van der Waals surface area contributed by atoms with Gasteiger partial charge in [0.1, 0.15) is 0 Å². The first-order valence-corrected chi connectivity index (χ1v) is 9.59. The van der Waals surface area contributed by atoms with Gasteiger partial charge in [-0.15, -0.1) is 0 Å². The molecule has 2 unspecified atom stereocenters. The monoisotopic (exact) mass is 377 g/mol. The van der Waals surface area contributed by atoms with Crippen LogP contribution in [0.1, 0.15) is 18.4 Å². The Balaban J connectivity index is 1.57. The maximum Gasteiger partial charge on any atom is 0.231 e. The topological polar surface area (TPSA) is 66.0 Å². The van der Waals surface area contributed by atoms with Crippen LogP contribution < -0.4 is 14.8 Å². The summed E-state index contributed by atoms with van der Waals surface area (Å²) in [6, 6.07) is 5.68. The summed E-state index contributed by atoms with van der Waals surface area (Å²) in [6.45, 7) is 1.26. The van der Waals surface area contributed by atoms with E-state index < -0.39 is 0 Å². The molecule has 2 aliphatic carbocycles. The van der Waals surface area contributed by atoms with Crippen LogP contribution in [0.5, 0.6) is 11.5 Å². The summed E-state index contributed by atoms with van der Waals surface area (Å²) >= 11 is 0. The van der Waals surface area contributed by atoms with Gasteiger partial charge < -0.3 is 24.3 Å². The minimum atomic E-state index is -0.346. The molecule has 0 amide bonds. The van der Waals surface area contributed by atoms with Crippen molar-refractivity contribution in [2.75, 3.05) is 20.1 Å². The smallest absolute Gasteiger partial charge is 0.231 e. The largest absolute Gasteiger partial charge is 0.457 e. The second-order valence-electron chi connectivity index (χ2n) is 7.44. The summed E-state index contributed by atoms with van der Waals surface area (Å²) in [4.78, 5) is 13.0. The molecule has 6 rings (SSSR count). The minimum Gasteiger partial charge on any atom is -0.457 e. The van der Waals surface area contributed by atoms with Gasteiger partial charge in [-0.3, -0.25) is 4.79 Å². The van der Waals surface area contributed by atoms with Crippen molar-refractivity contribution in [1.29, 1.82) is 0 Å². The van der Waals surface area contributed by atoms with Crippen LogP contribution in [0.3, 0.4) is 0 Å². The first-order valence-electron chi connectivity index (χ1n) is 9.59. The molecule has 2 atom stereocenters. The fourth-order valence-electron chi connectivity index (χ4n) is 4.70. The zero-order chi connectivity index (χ0) is 18.7. The molecule has 142 valence electrons. The zero-order valence-electron chi connectivity index (χ0n) is 15.2. The number of ketones is 1. The average molecular weight is 377 g/mol. The lowest BCUT2D eigenvalue weighted by molar-refractivity contribution is -0.116. The van der Waals surface area contributed by atoms with Crippen molar-refractivity contribution in [3.05, 3.63) is 64.7 Å². The van der Waals surface area contributed by atoms with E-state index >= 15 is 0 Å². The predicted octanol–water partition coefficient (Wildman–Crippen LogP) is 2.83. The van der Waals surface area contributed by atoms with Gasteiger partial charge in [0.15, 0.2) is 28.8 Å². The van der Waals surface area contributed by atoms with Gasteiger partial charge in [-0.1, -0.05) is 12.1 Å². The molecule has 5 aliphatic rings. The number of ether oxygens (including phenoxy) is 4. The van der Waals surface area contributed by atoms with E-state index in [-0.39, 0.29) is 31.3 Å². The molecule has 0 fully saturated rings. The lowest BCUT2D eigenvalue weighted by Crippen LogP contribution is -2.43. The Morgan fingerprint density at radius 3 is 2.86 bits per heavy atom. The Kier molecular flexibility index (Phi) is 3.43. The highest BCUT2D eigenvalue weighted by Gasteiger charge is 2.43. The van der Waals surface area contributed by atoms with Gasteiger partial charge in [-0.05, 0) is 66.0 Å². The van der Waals surface area contributed by atoms with Gasteiger partial charge >= 0.3 is 0 Å². The standard InChI is InChI=1S/C22H19NO5/c24-15-8-13-4-6-17-22(28-11-26-17)19(13)20-14(2-1-7-23-21(15)20)12-3-5-16-18(9-12)27-10-25-16/h3-6,8-9,19,21,23H,1-2,7,10-11H2. The number of allylic oxidation sites excluding steroid dienone is 4. The molecule has 0 saturated heterocycles. The van der Waals surface area contributed by atoms with E-state index in [1.807, 2.05) is 24.3 Å². The van der Waals surface area contributed by atoms with Gasteiger partial charge in [0.2, 0.25) is 13.6 Å². The molecule has 0 spiro atoms. The number of carbonyl (C=O) groups excluding carboxylic acids is 1. The molecule has 28 heavy (non-hydrogen) atoms. The number of rotatable bonds is 1. The molecule has 3 heterocycles. The molecule has 0 saturated carbocycles. The molecular weight excluding hydrogens is 358 g/mol. The highest BCUT2D eigenvalue weighted by Crippen LogP contribution is 2.47. The third kappa shape index (κ3) is 2.27. The summed E-state index contributed by atoms with van der Waals surface area (Å²) in [7, 11) is 0. The van der Waals surface area contributed by atoms with E-state index in [0.717, 1.165) is 59.1 Å². The quantitative estimate of drug-likeness (QED) is 0.812. The number of carbonyl (C=O) groups is 1. The van der Waals surface area contributed by atoms with Gasteiger partial charge in [0.25, 0.3) is 0 Å². The van der Waals surface area contributed by atoms with Crippen LogP contribution in [-0.4, -0.2) is 32.0 Å². The van der Waals surface area contributed by atoms with Crippen LogP contribution in [0.15, 0.2) is 59.1 Å². The van der Waals surface area contributed by atoms with Crippen LogP contribution in [0.25, 0.3) is 5.57 Å². The van der Waals surface area contributed by atoms with E-state index in [0.29, 0.717) is 0 Å². The van der Waals surface area contributed by atoms with Crippen molar-refractivity contribution in [2.45, 2.75) is 18.9 Å². The van der Waals surface area contributed by atoms with Crippen LogP contribution in [-0.2, 0) is 14.3 Å². The van der Waals surface area contributed by atoms with Crippen molar-refractivity contribution < 1.29 is 23.7 Å². The number of benzene rings is 1. The van der Waals surface area contributed by atoms with Crippen molar-refractivity contribution in [2.24, 2.45) is 5.92 Å². The maximum absolute atomic E-state index is 13.0. The Morgan fingerprint density at radius 1 is 1.00 bits per heavy atom. The fourth-order valence-corrected chi connectivity index (χ4v) is 4.70. The van der Waals surface area contributed by atoms with E-state index in [1.54, 1.807) is 6.08 Å². The summed E-state index contributed by atoms with van der Waals surface area (Å²) in [6.07, 6.45) is 7.45. The van der Waals surface area contributed by atoms with Gasteiger partial charge in [0, 0.05) is 0 Å². The molecule has 1 aromatic rings. The Labute approximate surface area is 162 Å². The van der Waals surface area contributed by atoms with Crippen molar-refractivity contribution >= 4 is 11.4 Å². The normalized spacial score (nSPS) is 27.4. The lowest BCUT2D eigenvalue weighted by atomic mass is 9.73. The average Bonchev–Trinajstić information content (AvgIpc) is 3.31. The van der Waals surface area contributed by atoms with Crippen molar-refractivity contribution in [1.82, 2.24) is 5.32 Å². The van der Waals surface area contributed by atoms with E-state index in [1.165, 1.54) is 5.57 Å². The van der Waals surface area contributed by atoms with Crippen LogP contribution in [0.4, 0.5) is 0 Å². The van der Waals surface area contributed by atoms with Crippen molar-refractivity contribution in [3.63, 3.8) is 0 Å². The van der Waals surface area contributed by atoms with Crippen LogP contribution in [0, 0.1) is 5.92 Å². The summed E-state index contributed by atoms with van der Waals surface area (Å²) in [5, 5.41) is 3.45. The highest BCUT2D eigenvalue weighted by molar-refractivity contribution is 6.02. The second kappa shape index (κ2) is 6.01. The second-order valence-corrected chi connectivity index (χ2v) is 7.44. The molecule has 1 aromatic carbocycles. The Bertz CT molecular complexity index is 1020. The molecule has 0 radical (unpaired) electrons. The van der Waals surface area contributed by atoms with E-state index in [9.17, 15) is 4.79 Å². The van der Waals surface area contributed by atoms with Gasteiger partial charge in [-0.2, -0.15) is 0 Å². The lowest BCUT2D eigenvalue weighted by Gasteiger charge is -2.34. The maximum atomic E-state index is 13.0. The van der Waals surface area contributed by atoms with Gasteiger partial charge in [-0.25, -0.2) is 0 Å². The number of hydrogen-bond donors (Lipinski definition) is 1. The zero-order valence-corrected chi connectivity index (χ0v) is 15.2. The molecule has 1 N–H and O–H groups in total. The molecule has 3 aliphatic heterocycles. The predicted molar refractivity (Wildman–Crippen MR) is 100 cm³/mol. The first kappa shape index (κ1) is 16.0. The van der Waals surface area contributed by atoms with E-state index in [2.05, 4.69) is 11.4 Å². The van der Waals surface area contributed by atoms with Crippen molar-refractivity contribution in [3.8, 4) is 11.5 Å². The SMILES string of the molecule is O=C1C=C2C=CC3=C(OCO3)C2C2=C(c3ccc4c(c3)OCO4)CCCNC12. The van der Waals surface area contributed by atoms with Gasteiger partial charge in [0.05, 0.1) is 12.0 Å². The molecule has 0 aromatic heterocycles. The summed E-state index contributed by atoms with van der Waals surface area (Å²) in [5.41, 5.74) is 4.27. The molecule has 0 bridgehead atoms. The van der Waals surface area contributed by atoms with Crippen LogP contribution in [0.2, 0.25) is 0 Å². The highest BCUT2D eigenvalue weighted by atomic mass is 16.7. The number of nitrogens with one attached hydrogen (secondary N) is 1. The molecule has 6 heteroatoms. The molecular formula is C22H19NO5. The molecule has 6 nitrogen and oxygen atoms in total. The summed E-state index contributed by atoms with van der Waals surface area (Å²) in [5.74, 6) is 3.07. The third-order valence-electron chi connectivity index (χ3n) is 5.93. The fraction of sp³-hybridized carbons (Fsp3) is 0.318. The number of fused-ring (bicyclic) bond motifs is 5. The number of hydrogen-bond acceptors (Lipinski definition) is 6. The third-order valence-corrected chi connectivity index (χ3v) is 5.93. The summed E-state index contributed by atoms with van der Waals surface area (Å²) < 4.78 is 22.5. The first-order chi connectivity index (χ1) is 13.8. The van der Waals surface area contributed by atoms with E-state index in [4.69, 9.17) is 18.9 Å². The van der Waals surface area contributed by atoms with Crippen LogP contribution >= 0.6 is 0 Å².